The third-order valence-electron chi connectivity index (χ3n) is 15.3. The Labute approximate surface area is 546 Å². The van der Waals surface area contributed by atoms with Crippen LogP contribution in [0.25, 0.3) is 44.5 Å². The topological polar surface area (TPSA) is 260 Å². The maximum atomic E-state index is 9.57. The average molecular weight is 1360 g/mol. The zero-order valence-electron chi connectivity index (χ0n) is 54.1. The predicted octanol–water partition coefficient (Wildman–Crippen LogP) is 11.1. The third-order valence-corrected chi connectivity index (χ3v) is 15.3. The summed E-state index contributed by atoms with van der Waals surface area (Å²) in [5.74, 6) is -5.57. The number of hydrogen-bond donors (Lipinski definition) is 12. The highest BCUT2D eigenvalue weighted by atomic mass is 79.9. The van der Waals surface area contributed by atoms with Crippen molar-refractivity contribution in [2.75, 3.05) is 52.4 Å². The number of ketones is 1. The summed E-state index contributed by atoms with van der Waals surface area (Å²) in [7, 11) is 0. The maximum absolute atomic E-state index is 9.57. The fourth-order valence-electron chi connectivity index (χ4n) is 10.1. The molecule has 6 rings (SSSR count). The molecule has 0 heterocycles. The van der Waals surface area contributed by atoms with Gasteiger partial charge in [-0.1, -0.05) is 155 Å². The number of carbonyl (C=O) groups is 1. The summed E-state index contributed by atoms with van der Waals surface area (Å²) in [4.78, 5) is 9.44. The number of rotatable bonds is 28. The Morgan fingerprint density at radius 2 is 0.375 bits per heavy atom. The number of hydrogen-bond acceptors (Lipinski definition) is 13. The van der Waals surface area contributed by atoms with Gasteiger partial charge in [0.25, 0.3) is 0 Å². The minimum absolute atomic E-state index is 0. The summed E-state index contributed by atoms with van der Waals surface area (Å²) in [6.07, 6.45) is 22.1. The van der Waals surface area contributed by atoms with Gasteiger partial charge in [0, 0.05) is 0 Å². The van der Waals surface area contributed by atoms with Crippen LogP contribution in [0.2, 0.25) is 0 Å². The van der Waals surface area contributed by atoms with Crippen molar-refractivity contribution >= 4 is 5.78 Å². The van der Waals surface area contributed by atoms with E-state index in [1.807, 2.05) is 0 Å². The molecule has 492 valence electrons. The molecule has 88 heavy (non-hydrogen) atoms. The standard InChI is InChI=1S/2C18H14O6.2C16H36N.C3H6O.2BrH/c2*19-13-5-11(6-14(20)17(13)23)9-1-2-10(4-3-9)12-7-15(21)18(24)16(22)8-12;2*1-5-9-13-17(14-10-6-2,15-11-7-3)16-12-8-4;1-3(2)4;;/h2*1-8,19-24H;2*5-16H2,1-4H3;1-2H3;2*1H/q;;2*+1;;;/p-2. The van der Waals surface area contributed by atoms with E-state index in [9.17, 15) is 66.1 Å². The van der Waals surface area contributed by atoms with E-state index < -0.39 is 69.0 Å². The first kappa shape index (κ1) is 81.5. The molecule has 0 aromatic heterocycles. The SMILES string of the molecule is CC(C)=O.CCCC[N+](CCCC)(CCCC)CCCC.CCCC[N+](CCCC)(CCCC)CCCC.Oc1cc(-c2ccc(-c3cc(O)c(O)c(O)c3)cc2)cc(O)c1O.Oc1cc(-c2ccc(-c3cc(O)c(O)c(O)c3)cc2)cc(O)c1O.[Br-].[Br-]. The average Bonchev–Trinajstić information content (AvgIpc) is 3.27. The van der Waals surface area contributed by atoms with Gasteiger partial charge >= 0.3 is 0 Å². The Morgan fingerprint density at radius 3 is 0.477 bits per heavy atom. The summed E-state index contributed by atoms with van der Waals surface area (Å²) in [5.41, 5.74) is 4.73. The van der Waals surface area contributed by atoms with Crippen LogP contribution in [0.15, 0.2) is 97.1 Å². The lowest BCUT2D eigenvalue weighted by molar-refractivity contribution is -0.929. The number of phenols is 12. The van der Waals surface area contributed by atoms with Crippen molar-refractivity contribution < 1.29 is 109 Å². The molecular formula is C71H106Br2N2O13. The van der Waals surface area contributed by atoms with Crippen molar-refractivity contribution in [1.29, 1.82) is 0 Å². The maximum Gasteiger partial charge on any atom is 0.200 e. The lowest BCUT2D eigenvalue weighted by atomic mass is 9.99. The zero-order valence-corrected chi connectivity index (χ0v) is 57.3. The molecule has 0 bridgehead atoms. The Balaban J connectivity index is 0.00000113. The van der Waals surface area contributed by atoms with Crippen molar-refractivity contribution in [2.45, 2.75) is 172 Å². The highest BCUT2D eigenvalue weighted by Gasteiger charge is 2.26. The molecule has 0 amide bonds. The van der Waals surface area contributed by atoms with Crippen LogP contribution < -0.4 is 34.0 Å². The van der Waals surface area contributed by atoms with E-state index in [4.69, 9.17) is 0 Å². The van der Waals surface area contributed by atoms with Gasteiger partial charge in [0.2, 0.25) is 0 Å². The van der Waals surface area contributed by atoms with Crippen molar-refractivity contribution in [3.63, 3.8) is 0 Å². The van der Waals surface area contributed by atoms with Gasteiger partial charge < -0.3 is 109 Å². The Morgan fingerprint density at radius 1 is 0.261 bits per heavy atom. The molecule has 0 saturated heterocycles. The van der Waals surface area contributed by atoms with Crippen molar-refractivity contribution in [1.82, 2.24) is 0 Å². The van der Waals surface area contributed by atoms with Crippen LogP contribution in [0.3, 0.4) is 0 Å². The number of Topliss-reactive ketones (excluding diaryl/α,β-unsaturated/α-hetero) is 1. The molecule has 0 spiro atoms. The van der Waals surface area contributed by atoms with E-state index in [1.165, 1.54) is 226 Å². The fourth-order valence-corrected chi connectivity index (χ4v) is 10.1. The van der Waals surface area contributed by atoms with E-state index in [0.29, 0.717) is 44.5 Å². The molecule has 0 radical (unpaired) electrons. The smallest absolute Gasteiger partial charge is 0.200 e. The van der Waals surface area contributed by atoms with Gasteiger partial charge in [-0.15, -0.1) is 0 Å². The number of phenolic OH excluding ortho intramolecular Hbond substituents is 12. The van der Waals surface area contributed by atoms with E-state index in [-0.39, 0.29) is 39.7 Å². The molecular weight excluding hydrogens is 1250 g/mol. The van der Waals surface area contributed by atoms with Crippen molar-refractivity contribution in [3.05, 3.63) is 97.1 Å². The molecule has 6 aromatic rings. The first-order chi connectivity index (χ1) is 40.9. The molecule has 17 heteroatoms. The van der Waals surface area contributed by atoms with Gasteiger partial charge in [-0.2, -0.15) is 0 Å². The van der Waals surface area contributed by atoms with E-state index in [2.05, 4.69) is 55.4 Å². The van der Waals surface area contributed by atoms with E-state index in [0.717, 1.165) is 0 Å². The summed E-state index contributed by atoms with van der Waals surface area (Å²) in [5, 5.41) is 114. The van der Waals surface area contributed by atoms with Crippen LogP contribution in [0.1, 0.15) is 172 Å². The number of halogens is 2. The van der Waals surface area contributed by atoms with E-state index >= 15 is 0 Å². The van der Waals surface area contributed by atoms with Gasteiger partial charge in [-0.05, 0) is 158 Å². The number of benzene rings is 6. The number of nitrogens with zero attached hydrogens (tertiary/aromatic N) is 2. The first-order valence-corrected chi connectivity index (χ1v) is 31.3. The molecule has 0 aliphatic heterocycles. The molecule has 0 aliphatic carbocycles. The predicted molar refractivity (Wildman–Crippen MR) is 350 cm³/mol. The minimum Gasteiger partial charge on any atom is -1.00 e. The van der Waals surface area contributed by atoms with Gasteiger partial charge in [0.15, 0.2) is 69.0 Å². The van der Waals surface area contributed by atoms with Crippen LogP contribution in [-0.2, 0) is 4.79 Å². The number of quaternary nitrogens is 2. The molecule has 12 N–H and O–H groups in total. The number of unbranched alkanes of at least 4 members (excludes halogenated alkanes) is 8. The van der Waals surface area contributed by atoms with Gasteiger partial charge in [0.05, 0.1) is 52.4 Å². The molecule has 15 nitrogen and oxygen atoms in total. The second-order valence-electron chi connectivity index (χ2n) is 22.8. The molecule has 0 aliphatic rings. The molecule has 0 fully saturated rings. The fraction of sp³-hybridized carbons (Fsp3) is 0.479. The van der Waals surface area contributed by atoms with Crippen molar-refractivity contribution in [3.8, 4) is 114 Å². The van der Waals surface area contributed by atoms with Crippen LogP contribution in [0.4, 0.5) is 0 Å². The second-order valence-corrected chi connectivity index (χ2v) is 22.8. The van der Waals surface area contributed by atoms with Gasteiger partial charge in [-0.3, -0.25) is 0 Å². The molecule has 0 unspecified atom stereocenters. The third kappa shape index (κ3) is 27.5. The number of carbonyl (C=O) groups excluding carboxylic acids is 1. The molecule has 6 aromatic carbocycles. The second kappa shape index (κ2) is 43.2. The minimum atomic E-state index is -0.578. The Kier molecular flexibility index (Phi) is 40.0. The van der Waals surface area contributed by atoms with Gasteiger partial charge in [-0.25, -0.2) is 0 Å². The van der Waals surface area contributed by atoms with Crippen LogP contribution in [0.5, 0.6) is 69.0 Å². The normalized spacial score (nSPS) is 10.8. The summed E-state index contributed by atoms with van der Waals surface area (Å²) >= 11 is 0. The lowest BCUT2D eigenvalue weighted by Gasteiger charge is -2.39. The van der Waals surface area contributed by atoms with Gasteiger partial charge in [0.1, 0.15) is 5.78 Å². The molecule has 0 saturated carbocycles. The summed E-state index contributed by atoms with van der Waals surface area (Å²) in [6.45, 7) is 33.1. The quantitative estimate of drug-likeness (QED) is 0.0161. The Hall–Kier alpha value is -6.53. The summed E-state index contributed by atoms with van der Waals surface area (Å²) < 4.78 is 2.84. The Bertz CT molecular complexity index is 2400. The zero-order chi connectivity index (χ0) is 64.4. The monoisotopic (exact) mass is 1350 g/mol. The lowest BCUT2D eigenvalue weighted by Crippen LogP contribution is -3.00. The number of aromatic hydroxyl groups is 12. The van der Waals surface area contributed by atoms with E-state index in [1.54, 1.807) is 48.5 Å². The highest BCUT2D eigenvalue weighted by Crippen LogP contribution is 2.43. The first-order valence-electron chi connectivity index (χ1n) is 31.3. The summed E-state index contributed by atoms with van der Waals surface area (Å²) in [6, 6.07) is 24.3. The van der Waals surface area contributed by atoms with Crippen LogP contribution in [-0.4, -0.2) is 128 Å². The largest absolute Gasteiger partial charge is 1.00 e. The van der Waals surface area contributed by atoms with Crippen LogP contribution >= 0.6 is 0 Å². The van der Waals surface area contributed by atoms with Crippen molar-refractivity contribution in [2.24, 2.45) is 0 Å². The highest BCUT2D eigenvalue weighted by molar-refractivity contribution is 5.77. The molecule has 0 atom stereocenters. The van der Waals surface area contributed by atoms with Crippen LogP contribution in [0, 0.1) is 0 Å².